The summed E-state index contributed by atoms with van der Waals surface area (Å²) in [7, 11) is -1.17. The third-order valence-corrected chi connectivity index (χ3v) is 8.95. The van der Waals surface area contributed by atoms with Crippen LogP contribution >= 0.6 is 15.9 Å². The lowest BCUT2D eigenvalue weighted by atomic mass is 10.0. The number of anilines is 1. The van der Waals surface area contributed by atoms with Crippen LogP contribution in [0.4, 0.5) is 5.69 Å². The minimum Gasteiger partial charge on any atom is -0.352 e. The number of rotatable bonds is 13. The Kier molecular flexibility index (Phi) is 11.3. The summed E-state index contributed by atoms with van der Waals surface area (Å²) in [6.45, 7) is 3.55. The van der Waals surface area contributed by atoms with Crippen molar-refractivity contribution in [2.75, 3.05) is 24.9 Å². The average Bonchev–Trinajstić information content (AvgIpc) is 2.95. The van der Waals surface area contributed by atoms with Gasteiger partial charge >= 0.3 is 10.2 Å². The maximum absolute atomic E-state index is 14.2. The van der Waals surface area contributed by atoms with Crippen LogP contribution in [-0.4, -0.2) is 62.2 Å². The Hall–Kier alpha value is -3.21. The molecule has 1 N–H and O–H groups in total. The van der Waals surface area contributed by atoms with Gasteiger partial charge in [-0.1, -0.05) is 83.5 Å². The van der Waals surface area contributed by atoms with Crippen molar-refractivity contribution < 1.29 is 18.0 Å². The Morgan fingerprint density at radius 3 is 2.00 bits per heavy atom. The quantitative estimate of drug-likeness (QED) is 0.299. The van der Waals surface area contributed by atoms with Gasteiger partial charge in [0.1, 0.15) is 12.6 Å². The smallest absolute Gasteiger partial charge is 0.304 e. The number of halogens is 1. The molecule has 0 aromatic heterocycles. The number of amides is 2. The number of hydrogen-bond donors (Lipinski definition) is 1. The van der Waals surface area contributed by atoms with E-state index in [-0.39, 0.29) is 24.9 Å². The second-order valence-electron chi connectivity index (χ2n) is 9.80. The largest absolute Gasteiger partial charge is 0.352 e. The summed E-state index contributed by atoms with van der Waals surface area (Å²) >= 11 is 3.44. The Morgan fingerprint density at radius 1 is 0.875 bits per heavy atom. The minimum atomic E-state index is -4.01. The molecule has 214 valence electrons. The molecule has 0 saturated heterocycles. The first-order valence-corrected chi connectivity index (χ1v) is 15.3. The highest BCUT2D eigenvalue weighted by atomic mass is 79.9. The molecule has 3 aromatic rings. The van der Waals surface area contributed by atoms with Crippen LogP contribution in [0.1, 0.15) is 31.4 Å². The molecule has 0 bridgehead atoms. The van der Waals surface area contributed by atoms with Crippen molar-refractivity contribution in [1.29, 1.82) is 0 Å². The van der Waals surface area contributed by atoms with Gasteiger partial charge in [0.15, 0.2) is 0 Å². The highest BCUT2D eigenvalue weighted by molar-refractivity contribution is 9.10. The van der Waals surface area contributed by atoms with Crippen molar-refractivity contribution in [1.82, 2.24) is 14.5 Å². The van der Waals surface area contributed by atoms with E-state index in [2.05, 4.69) is 21.2 Å². The summed E-state index contributed by atoms with van der Waals surface area (Å²) in [4.78, 5) is 29.4. The lowest BCUT2D eigenvalue weighted by Crippen LogP contribution is -2.55. The molecule has 0 aliphatic heterocycles. The molecule has 0 spiro atoms. The van der Waals surface area contributed by atoms with Crippen LogP contribution in [-0.2, 0) is 32.8 Å². The number of benzene rings is 3. The van der Waals surface area contributed by atoms with Crippen LogP contribution in [0.3, 0.4) is 0 Å². The molecule has 0 unspecified atom stereocenters. The standard InChI is InChI=1S/C30H37BrN4O4S/c1-5-23(2)32-30(37)28(20-24-12-8-6-9-13-24)34(21-25-16-18-26(31)19-17-25)29(36)22-35(40(38,39)33(3)4)27-14-10-7-11-15-27/h6-19,23,28H,5,20-22H2,1-4H3,(H,32,37)/t23-,28-/m0/s1. The Labute approximate surface area is 246 Å². The van der Waals surface area contributed by atoms with E-state index in [9.17, 15) is 18.0 Å². The number of carbonyl (C=O) groups excluding carboxylic acids is 2. The van der Waals surface area contributed by atoms with Gasteiger partial charge in [0.25, 0.3) is 0 Å². The minimum absolute atomic E-state index is 0.0923. The zero-order chi connectivity index (χ0) is 29.3. The van der Waals surface area contributed by atoms with E-state index in [0.29, 0.717) is 5.69 Å². The summed E-state index contributed by atoms with van der Waals surface area (Å²) < 4.78 is 29.8. The lowest BCUT2D eigenvalue weighted by Gasteiger charge is -2.35. The maximum atomic E-state index is 14.2. The third-order valence-electron chi connectivity index (χ3n) is 6.60. The number of nitrogens with zero attached hydrogens (tertiary/aromatic N) is 3. The van der Waals surface area contributed by atoms with Crippen LogP contribution < -0.4 is 9.62 Å². The topological polar surface area (TPSA) is 90.0 Å². The zero-order valence-corrected chi connectivity index (χ0v) is 25.7. The highest BCUT2D eigenvalue weighted by Crippen LogP contribution is 2.22. The van der Waals surface area contributed by atoms with E-state index in [1.165, 1.54) is 19.0 Å². The zero-order valence-electron chi connectivity index (χ0n) is 23.3. The van der Waals surface area contributed by atoms with Crippen molar-refractivity contribution in [2.24, 2.45) is 0 Å². The number of hydrogen-bond acceptors (Lipinski definition) is 4. The van der Waals surface area contributed by atoms with Gasteiger partial charge in [-0.15, -0.1) is 0 Å². The first-order chi connectivity index (χ1) is 19.0. The molecule has 3 aromatic carbocycles. The van der Waals surface area contributed by atoms with E-state index < -0.39 is 28.7 Å². The van der Waals surface area contributed by atoms with Crippen LogP contribution in [0.25, 0.3) is 0 Å². The number of para-hydroxylation sites is 1. The fraction of sp³-hybridized carbons (Fsp3) is 0.333. The van der Waals surface area contributed by atoms with E-state index >= 15 is 0 Å². The molecule has 0 radical (unpaired) electrons. The molecule has 40 heavy (non-hydrogen) atoms. The van der Waals surface area contributed by atoms with Crippen LogP contribution in [0, 0.1) is 0 Å². The molecule has 8 nitrogen and oxygen atoms in total. The summed E-state index contributed by atoms with van der Waals surface area (Å²) in [5.41, 5.74) is 2.06. The van der Waals surface area contributed by atoms with Crippen molar-refractivity contribution in [3.05, 3.63) is 101 Å². The Bertz CT molecular complexity index is 1350. The summed E-state index contributed by atoms with van der Waals surface area (Å²) in [5, 5.41) is 3.03. The second kappa shape index (κ2) is 14.4. The molecule has 10 heteroatoms. The first kappa shape index (κ1) is 31.3. The number of carbonyl (C=O) groups is 2. The Morgan fingerprint density at radius 2 is 1.45 bits per heavy atom. The first-order valence-electron chi connectivity index (χ1n) is 13.2. The molecule has 0 aliphatic rings. The molecule has 0 heterocycles. The second-order valence-corrected chi connectivity index (χ2v) is 12.8. The summed E-state index contributed by atoms with van der Waals surface area (Å²) in [6.07, 6.45) is 1.00. The van der Waals surface area contributed by atoms with Gasteiger partial charge < -0.3 is 10.2 Å². The van der Waals surface area contributed by atoms with Crippen LogP contribution in [0.5, 0.6) is 0 Å². The predicted molar refractivity (Wildman–Crippen MR) is 163 cm³/mol. The van der Waals surface area contributed by atoms with Gasteiger partial charge in [0.05, 0.1) is 5.69 Å². The molecule has 2 amide bonds. The van der Waals surface area contributed by atoms with Crippen molar-refractivity contribution in [2.45, 2.75) is 45.3 Å². The van der Waals surface area contributed by atoms with Crippen LogP contribution in [0.2, 0.25) is 0 Å². The van der Waals surface area contributed by atoms with E-state index in [0.717, 1.165) is 30.6 Å². The monoisotopic (exact) mass is 628 g/mol. The number of nitrogens with one attached hydrogen (secondary N) is 1. The van der Waals surface area contributed by atoms with Gasteiger partial charge in [-0.3, -0.25) is 9.59 Å². The molecule has 0 saturated carbocycles. The summed E-state index contributed by atoms with van der Waals surface area (Å²) in [6, 6.07) is 24.5. The maximum Gasteiger partial charge on any atom is 0.304 e. The van der Waals surface area contributed by atoms with Gasteiger partial charge in [0.2, 0.25) is 11.8 Å². The average molecular weight is 630 g/mol. The van der Waals surface area contributed by atoms with Gasteiger partial charge in [-0.05, 0) is 48.7 Å². The normalized spacial score (nSPS) is 12.9. The fourth-order valence-electron chi connectivity index (χ4n) is 4.09. The van der Waals surface area contributed by atoms with Crippen LogP contribution in [0.15, 0.2) is 89.4 Å². The van der Waals surface area contributed by atoms with Gasteiger partial charge in [-0.2, -0.15) is 12.7 Å². The third kappa shape index (κ3) is 8.39. The van der Waals surface area contributed by atoms with E-state index in [1.807, 2.05) is 68.4 Å². The molecule has 0 aliphatic carbocycles. The van der Waals surface area contributed by atoms with Gasteiger partial charge in [0, 0.05) is 37.6 Å². The highest BCUT2D eigenvalue weighted by Gasteiger charge is 2.35. The van der Waals surface area contributed by atoms with Crippen molar-refractivity contribution in [3.63, 3.8) is 0 Å². The molecular formula is C30H37BrN4O4S. The molecule has 3 rings (SSSR count). The van der Waals surface area contributed by atoms with E-state index in [4.69, 9.17) is 0 Å². The van der Waals surface area contributed by atoms with Crippen molar-refractivity contribution >= 4 is 43.6 Å². The predicted octanol–water partition coefficient (Wildman–Crippen LogP) is 4.62. The fourth-order valence-corrected chi connectivity index (χ4v) is 5.41. The van der Waals surface area contributed by atoms with Gasteiger partial charge in [-0.25, -0.2) is 4.31 Å². The summed E-state index contributed by atoms with van der Waals surface area (Å²) in [5.74, 6) is -0.775. The SMILES string of the molecule is CC[C@H](C)NC(=O)[C@H](Cc1ccccc1)N(Cc1ccc(Br)cc1)C(=O)CN(c1ccccc1)S(=O)(=O)N(C)C. The molecule has 0 fully saturated rings. The lowest BCUT2D eigenvalue weighted by molar-refractivity contribution is -0.140. The molecular weight excluding hydrogens is 592 g/mol. The van der Waals surface area contributed by atoms with E-state index in [1.54, 1.807) is 30.3 Å². The van der Waals surface area contributed by atoms with Crippen molar-refractivity contribution in [3.8, 4) is 0 Å². The Balaban J connectivity index is 2.07. The molecule has 2 atom stereocenters.